The normalized spacial score (nSPS) is 19.8. The number of carbonyl (C=O) groups is 1. The Labute approximate surface area is 210 Å². The molecule has 2 saturated heterocycles. The second kappa shape index (κ2) is 10.9. The molecule has 10 heteroatoms. The van der Waals surface area contributed by atoms with Crippen molar-refractivity contribution < 1.29 is 9.53 Å². The molecule has 0 unspecified atom stereocenters. The number of ether oxygens (including phenoxy) is 1. The first-order valence-corrected chi connectivity index (χ1v) is 13.3. The molecular weight excluding hydrogens is 462 g/mol. The molecule has 0 bridgehead atoms. The zero-order chi connectivity index (χ0) is 24.2. The molecule has 2 aromatic heterocycles. The molecule has 9 nitrogen and oxygen atoms in total. The number of hydrogen-bond acceptors (Lipinski definition) is 8. The Balaban J connectivity index is 1.13. The van der Waals surface area contributed by atoms with Crippen molar-refractivity contribution in [2.45, 2.75) is 19.3 Å². The summed E-state index contributed by atoms with van der Waals surface area (Å²) in [5.41, 5.74) is 1.93. The van der Waals surface area contributed by atoms with Crippen LogP contribution < -0.4 is 15.0 Å². The zero-order valence-electron chi connectivity index (χ0n) is 20.7. The van der Waals surface area contributed by atoms with Crippen LogP contribution in [0.1, 0.15) is 19.3 Å². The number of imidazole rings is 1. The van der Waals surface area contributed by atoms with Crippen LogP contribution >= 0.6 is 11.3 Å². The topological polar surface area (TPSA) is 78.2 Å². The van der Waals surface area contributed by atoms with E-state index >= 15 is 0 Å². The molecule has 0 spiro atoms. The standard InChI is InChI=1S/C25H35N7O2S/c1-29-13-15-30(16-14-29)11-4-10-26-23(33)20-5-3-12-31(17-20)25-28-32-18-22(27-24(32)35-25)19-6-8-21(34-2)9-7-19/h6-9,18,20H,3-5,10-17H2,1-2H3,(H,26,33)/t20-/m0/s1. The van der Waals surface area contributed by atoms with Gasteiger partial charge in [-0.05, 0) is 57.1 Å². The van der Waals surface area contributed by atoms with E-state index in [9.17, 15) is 4.79 Å². The van der Waals surface area contributed by atoms with E-state index in [-0.39, 0.29) is 11.8 Å². The van der Waals surface area contributed by atoms with Crippen molar-refractivity contribution in [3.8, 4) is 17.0 Å². The van der Waals surface area contributed by atoms with Crippen LogP contribution in [0.15, 0.2) is 30.5 Å². The van der Waals surface area contributed by atoms with E-state index in [1.165, 1.54) is 0 Å². The van der Waals surface area contributed by atoms with E-state index in [2.05, 4.69) is 27.1 Å². The average molecular weight is 498 g/mol. The lowest BCUT2D eigenvalue weighted by Gasteiger charge is -2.32. The molecule has 2 fully saturated rings. The van der Waals surface area contributed by atoms with Gasteiger partial charge in [0.05, 0.1) is 24.9 Å². The van der Waals surface area contributed by atoms with Crippen molar-refractivity contribution in [2.24, 2.45) is 5.92 Å². The van der Waals surface area contributed by atoms with Gasteiger partial charge in [-0.2, -0.15) is 0 Å². The highest BCUT2D eigenvalue weighted by Gasteiger charge is 2.28. The number of amides is 1. The molecule has 0 radical (unpaired) electrons. The van der Waals surface area contributed by atoms with Gasteiger partial charge in [-0.25, -0.2) is 9.50 Å². The molecule has 2 aliphatic rings. The summed E-state index contributed by atoms with van der Waals surface area (Å²) in [6.45, 7) is 7.97. The molecule has 1 aromatic carbocycles. The van der Waals surface area contributed by atoms with E-state index in [1.807, 2.05) is 35.0 Å². The van der Waals surface area contributed by atoms with E-state index in [1.54, 1.807) is 18.4 Å². The summed E-state index contributed by atoms with van der Waals surface area (Å²) in [6.07, 6.45) is 4.90. The van der Waals surface area contributed by atoms with Crippen molar-refractivity contribution in [1.82, 2.24) is 29.7 Å². The molecule has 4 heterocycles. The molecule has 3 aromatic rings. The lowest BCUT2D eigenvalue weighted by Crippen LogP contribution is -2.46. The Morgan fingerprint density at radius 2 is 1.97 bits per heavy atom. The van der Waals surface area contributed by atoms with Crippen molar-refractivity contribution in [3.05, 3.63) is 30.5 Å². The number of aromatic nitrogens is 3. The van der Waals surface area contributed by atoms with Crippen molar-refractivity contribution >= 4 is 27.3 Å². The number of anilines is 1. The SMILES string of the molecule is COc1ccc(-c2cn3nc(N4CCC[C@H](C(=O)NCCCN5CCN(C)CC5)C4)sc3n2)cc1. The van der Waals surface area contributed by atoms with Crippen LogP contribution in [0.4, 0.5) is 5.13 Å². The smallest absolute Gasteiger partial charge is 0.224 e. The van der Waals surface area contributed by atoms with Gasteiger partial charge in [-0.15, -0.1) is 5.10 Å². The minimum absolute atomic E-state index is 0.0125. The van der Waals surface area contributed by atoms with Gasteiger partial charge in [-0.3, -0.25) is 4.79 Å². The molecular formula is C25H35N7O2S. The number of piperazine rings is 1. The van der Waals surface area contributed by atoms with Gasteiger partial charge >= 0.3 is 0 Å². The highest BCUT2D eigenvalue weighted by molar-refractivity contribution is 7.20. The summed E-state index contributed by atoms with van der Waals surface area (Å²) in [7, 11) is 3.84. The number of likely N-dealkylation sites (N-methyl/N-ethyl adjacent to an activating group) is 1. The quantitative estimate of drug-likeness (QED) is 0.479. The lowest BCUT2D eigenvalue weighted by molar-refractivity contribution is -0.125. The number of rotatable bonds is 8. The Morgan fingerprint density at radius 3 is 2.71 bits per heavy atom. The maximum Gasteiger partial charge on any atom is 0.224 e. The largest absolute Gasteiger partial charge is 0.497 e. The Hall–Kier alpha value is -2.69. The van der Waals surface area contributed by atoms with Gasteiger partial charge in [0.25, 0.3) is 0 Å². The molecule has 188 valence electrons. The fraction of sp³-hybridized carbons (Fsp3) is 0.560. The number of piperidine rings is 1. The third-order valence-corrected chi connectivity index (χ3v) is 8.01. The predicted molar refractivity (Wildman–Crippen MR) is 139 cm³/mol. The van der Waals surface area contributed by atoms with Gasteiger partial charge in [0.2, 0.25) is 16.0 Å². The predicted octanol–water partition coefficient (Wildman–Crippen LogP) is 2.44. The Kier molecular flexibility index (Phi) is 7.50. The van der Waals surface area contributed by atoms with E-state index in [0.29, 0.717) is 6.54 Å². The molecule has 2 aliphatic heterocycles. The third kappa shape index (κ3) is 5.76. The molecule has 1 amide bonds. The lowest BCUT2D eigenvalue weighted by atomic mass is 9.97. The van der Waals surface area contributed by atoms with Gasteiger partial charge in [0, 0.05) is 51.4 Å². The van der Waals surface area contributed by atoms with E-state index < -0.39 is 0 Å². The number of nitrogens with zero attached hydrogens (tertiary/aromatic N) is 6. The summed E-state index contributed by atoms with van der Waals surface area (Å²) in [5, 5.41) is 8.89. The second-order valence-corrected chi connectivity index (χ2v) is 10.5. The van der Waals surface area contributed by atoms with E-state index in [4.69, 9.17) is 14.8 Å². The fourth-order valence-electron chi connectivity index (χ4n) is 4.81. The number of hydrogen-bond donors (Lipinski definition) is 1. The molecule has 0 saturated carbocycles. The summed E-state index contributed by atoms with van der Waals surface area (Å²) in [6, 6.07) is 7.89. The van der Waals surface area contributed by atoms with E-state index in [0.717, 1.165) is 92.2 Å². The van der Waals surface area contributed by atoms with Crippen LogP contribution in [0.5, 0.6) is 5.75 Å². The van der Waals surface area contributed by atoms with Crippen molar-refractivity contribution in [3.63, 3.8) is 0 Å². The van der Waals surface area contributed by atoms with Crippen molar-refractivity contribution in [2.75, 3.05) is 71.4 Å². The summed E-state index contributed by atoms with van der Waals surface area (Å²) in [4.78, 5) is 25.6. The third-order valence-electron chi connectivity index (χ3n) is 7.03. The maximum absolute atomic E-state index is 12.8. The van der Waals surface area contributed by atoms with Crippen molar-refractivity contribution in [1.29, 1.82) is 0 Å². The number of methoxy groups -OCH3 is 1. The Bertz CT molecular complexity index is 1090. The van der Waals surface area contributed by atoms with Crippen LogP contribution in [0.25, 0.3) is 16.2 Å². The van der Waals surface area contributed by atoms with Gasteiger partial charge in [0.1, 0.15) is 5.75 Å². The highest BCUT2D eigenvalue weighted by atomic mass is 32.1. The molecule has 35 heavy (non-hydrogen) atoms. The summed E-state index contributed by atoms with van der Waals surface area (Å²) < 4.78 is 7.09. The number of nitrogens with one attached hydrogen (secondary N) is 1. The number of benzene rings is 1. The first kappa shape index (κ1) is 24.0. The minimum Gasteiger partial charge on any atom is -0.497 e. The van der Waals surface area contributed by atoms with Gasteiger partial charge < -0.3 is 24.8 Å². The second-order valence-electron chi connectivity index (χ2n) is 9.54. The van der Waals surface area contributed by atoms with Gasteiger partial charge in [0.15, 0.2) is 0 Å². The Morgan fingerprint density at radius 1 is 1.17 bits per heavy atom. The van der Waals surface area contributed by atoms with Crippen LogP contribution in [0.2, 0.25) is 0 Å². The van der Waals surface area contributed by atoms with Crippen LogP contribution in [-0.2, 0) is 4.79 Å². The zero-order valence-corrected chi connectivity index (χ0v) is 21.5. The van der Waals surface area contributed by atoms with Crippen LogP contribution in [0.3, 0.4) is 0 Å². The highest BCUT2D eigenvalue weighted by Crippen LogP contribution is 2.30. The molecule has 5 rings (SSSR count). The minimum atomic E-state index is 0.0125. The summed E-state index contributed by atoms with van der Waals surface area (Å²) in [5.74, 6) is 1.02. The first-order chi connectivity index (χ1) is 17.1. The first-order valence-electron chi connectivity index (χ1n) is 12.5. The summed E-state index contributed by atoms with van der Waals surface area (Å²) >= 11 is 1.58. The van der Waals surface area contributed by atoms with Gasteiger partial charge in [-0.1, -0.05) is 11.3 Å². The average Bonchev–Trinajstić information content (AvgIpc) is 3.47. The molecule has 0 aliphatic carbocycles. The van der Waals surface area contributed by atoms with Crippen LogP contribution in [0, 0.1) is 5.92 Å². The monoisotopic (exact) mass is 497 g/mol. The number of carbonyl (C=O) groups excluding carboxylic acids is 1. The maximum atomic E-state index is 12.8. The number of fused-ring (bicyclic) bond motifs is 1. The fourth-order valence-corrected chi connectivity index (χ4v) is 5.73. The molecule has 1 atom stereocenters. The van der Waals surface area contributed by atoms with Crippen LogP contribution in [-0.4, -0.2) is 96.8 Å². The molecule has 1 N–H and O–H groups in total.